The lowest BCUT2D eigenvalue weighted by molar-refractivity contribution is -0.129. The molecule has 0 aliphatic heterocycles. The molecule has 3 aromatic carbocycles. The van der Waals surface area contributed by atoms with Crippen LogP contribution in [0.4, 0.5) is 0 Å². The van der Waals surface area contributed by atoms with Crippen LogP contribution in [-0.4, -0.2) is 52.2 Å². The molecule has 3 aromatic rings. The van der Waals surface area contributed by atoms with Crippen LogP contribution in [0.15, 0.2) is 48.5 Å². The van der Waals surface area contributed by atoms with Crippen molar-refractivity contribution in [3.8, 4) is 45.6 Å². The number of fused-ring (bicyclic) bond motifs is 3. The minimum atomic E-state index is -1.07. The molecule has 0 fully saturated rings. The fraction of sp³-hybridized carbons (Fsp3) is 0.344. The van der Waals surface area contributed by atoms with Gasteiger partial charge in [0.15, 0.2) is 23.0 Å². The van der Waals surface area contributed by atoms with E-state index in [0.717, 1.165) is 16.7 Å². The minimum absolute atomic E-state index is 0.168. The van der Waals surface area contributed by atoms with E-state index < -0.39 is 11.6 Å². The van der Waals surface area contributed by atoms with Gasteiger partial charge >= 0.3 is 5.97 Å². The zero-order valence-electron chi connectivity index (χ0n) is 24.0. The smallest absolute Gasteiger partial charge is 0.336 e. The number of benzene rings is 3. The Labute approximate surface area is 235 Å². The third-order valence-electron chi connectivity index (χ3n) is 7.42. The SMILES string of the molecule is COc1cc2c(c(OC)c1OC)-c1c(cc(OC)c(OC)c1OC(=O)C=Cc1ccccc1)C[C@@H](C)[C@@](C)(O)C2. The highest BCUT2D eigenvalue weighted by atomic mass is 16.6. The van der Waals surface area contributed by atoms with Gasteiger partial charge in [-0.05, 0) is 54.2 Å². The van der Waals surface area contributed by atoms with E-state index in [0.29, 0.717) is 40.5 Å². The highest BCUT2D eigenvalue weighted by Crippen LogP contribution is 2.56. The first-order chi connectivity index (χ1) is 19.2. The maximum Gasteiger partial charge on any atom is 0.336 e. The van der Waals surface area contributed by atoms with Crippen LogP contribution in [0.5, 0.6) is 34.5 Å². The second kappa shape index (κ2) is 11.9. The predicted octanol–water partition coefficient (Wildman–Crippen LogP) is 5.50. The molecule has 0 saturated heterocycles. The molecule has 40 heavy (non-hydrogen) atoms. The predicted molar refractivity (Wildman–Crippen MR) is 153 cm³/mol. The molecular weight excluding hydrogens is 512 g/mol. The first-order valence-electron chi connectivity index (χ1n) is 13.0. The van der Waals surface area contributed by atoms with Crippen molar-refractivity contribution in [2.24, 2.45) is 5.92 Å². The Morgan fingerprint density at radius 2 is 1.38 bits per heavy atom. The largest absolute Gasteiger partial charge is 0.493 e. The number of methoxy groups -OCH3 is 5. The van der Waals surface area contributed by atoms with Gasteiger partial charge in [0.05, 0.1) is 41.2 Å². The van der Waals surface area contributed by atoms with Crippen LogP contribution >= 0.6 is 0 Å². The van der Waals surface area contributed by atoms with E-state index in [-0.39, 0.29) is 23.8 Å². The topological polar surface area (TPSA) is 92.7 Å². The Balaban J connectivity index is 2.04. The molecule has 0 radical (unpaired) electrons. The molecule has 0 aromatic heterocycles. The van der Waals surface area contributed by atoms with Crippen LogP contribution in [0.2, 0.25) is 0 Å². The lowest BCUT2D eigenvalue weighted by Crippen LogP contribution is -2.37. The third-order valence-corrected chi connectivity index (χ3v) is 7.42. The molecule has 0 saturated carbocycles. The van der Waals surface area contributed by atoms with Crippen LogP contribution in [0.3, 0.4) is 0 Å². The van der Waals surface area contributed by atoms with Crippen molar-refractivity contribution in [1.29, 1.82) is 0 Å². The van der Waals surface area contributed by atoms with Gasteiger partial charge in [-0.2, -0.15) is 0 Å². The molecule has 4 rings (SSSR count). The van der Waals surface area contributed by atoms with E-state index in [1.54, 1.807) is 13.2 Å². The highest BCUT2D eigenvalue weighted by Gasteiger charge is 2.38. The zero-order valence-corrected chi connectivity index (χ0v) is 24.0. The zero-order chi connectivity index (χ0) is 29.0. The van der Waals surface area contributed by atoms with Crippen LogP contribution in [0.1, 0.15) is 30.5 Å². The summed E-state index contributed by atoms with van der Waals surface area (Å²) in [4.78, 5) is 13.2. The Kier molecular flexibility index (Phi) is 8.59. The van der Waals surface area contributed by atoms with Gasteiger partial charge in [0, 0.05) is 23.6 Å². The molecule has 0 bridgehead atoms. The van der Waals surface area contributed by atoms with Gasteiger partial charge in [-0.1, -0.05) is 37.3 Å². The Morgan fingerprint density at radius 1 is 0.825 bits per heavy atom. The lowest BCUT2D eigenvalue weighted by atomic mass is 9.75. The highest BCUT2D eigenvalue weighted by molar-refractivity contribution is 5.94. The Hall–Kier alpha value is -4.17. The van der Waals surface area contributed by atoms with Crippen molar-refractivity contribution in [2.75, 3.05) is 35.5 Å². The second-order valence-corrected chi connectivity index (χ2v) is 9.96. The number of carbonyl (C=O) groups is 1. The quantitative estimate of drug-likeness (QED) is 0.224. The van der Waals surface area contributed by atoms with E-state index in [4.69, 9.17) is 28.4 Å². The number of hydrogen-bond donors (Lipinski definition) is 1. The van der Waals surface area contributed by atoms with Gasteiger partial charge in [-0.3, -0.25) is 0 Å². The minimum Gasteiger partial charge on any atom is -0.493 e. The summed E-state index contributed by atoms with van der Waals surface area (Å²) in [6.07, 6.45) is 3.80. The van der Waals surface area contributed by atoms with E-state index in [1.807, 2.05) is 56.3 Å². The van der Waals surface area contributed by atoms with Crippen LogP contribution in [0, 0.1) is 5.92 Å². The van der Waals surface area contributed by atoms with Gasteiger partial charge in [0.1, 0.15) is 0 Å². The van der Waals surface area contributed by atoms with Crippen molar-refractivity contribution >= 4 is 12.0 Å². The molecule has 8 heteroatoms. The number of ether oxygens (including phenoxy) is 6. The summed E-state index contributed by atoms with van der Waals surface area (Å²) < 4.78 is 34.7. The number of carbonyl (C=O) groups excluding carboxylic acids is 1. The standard InChI is InChI=1S/C32H36O8/c1-19-15-21-16-23(35-3)29(38-6)31(40-25(33)14-13-20-11-9-8-10-12-20)26(21)27-22(18-32(19,2)34)17-24(36-4)28(37-5)30(27)39-7/h8-14,16-17,19,34H,15,18H2,1-7H3/t19-,32+/m1/s1. The van der Waals surface area contributed by atoms with Gasteiger partial charge in [0.25, 0.3) is 0 Å². The molecule has 0 spiro atoms. The Morgan fingerprint density at radius 3 is 1.95 bits per heavy atom. The fourth-order valence-corrected chi connectivity index (χ4v) is 5.14. The van der Waals surface area contributed by atoms with E-state index in [9.17, 15) is 9.90 Å². The molecule has 1 N–H and O–H groups in total. The van der Waals surface area contributed by atoms with Crippen LogP contribution < -0.4 is 28.4 Å². The molecule has 2 atom stereocenters. The van der Waals surface area contributed by atoms with Gasteiger partial charge in [0.2, 0.25) is 11.5 Å². The Bertz CT molecular complexity index is 1410. The average molecular weight is 549 g/mol. The number of rotatable bonds is 8. The lowest BCUT2D eigenvalue weighted by Gasteiger charge is -2.36. The first kappa shape index (κ1) is 28.8. The van der Waals surface area contributed by atoms with Crippen molar-refractivity contribution in [2.45, 2.75) is 32.3 Å². The van der Waals surface area contributed by atoms with Crippen LogP contribution in [-0.2, 0) is 17.6 Å². The summed E-state index contributed by atoms with van der Waals surface area (Å²) in [6, 6.07) is 13.1. The van der Waals surface area contributed by atoms with Crippen molar-refractivity contribution < 1.29 is 38.3 Å². The maximum absolute atomic E-state index is 13.2. The van der Waals surface area contributed by atoms with Crippen molar-refractivity contribution in [3.05, 3.63) is 65.2 Å². The molecule has 1 aliphatic carbocycles. The monoisotopic (exact) mass is 548 g/mol. The third kappa shape index (κ3) is 5.45. The molecule has 8 nitrogen and oxygen atoms in total. The number of hydrogen-bond acceptors (Lipinski definition) is 8. The van der Waals surface area contributed by atoms with Crippen molar-refractivity contribution in [3.63, 3.8) is 0 Å². The molecule has 212 valence electrons. The molecule has 0 heterocycles. The maximum atomic E-state index is 13.2. The first-order valence-corrected chi connectivity index (χ1v) is 13.0. The van der Waals surface area contributed by atoms with Crippen LogP contribution in [0.25, 0.3) is 17.2 Å². The summed E-state index contributed by atoms with van der Waals surface area (Å²) in [5, 5.41) is 11.5. The molecule has 0 amide bonds. The van der Waals surface area contributed by atoms with E-state index >= 15 is 0 Å². The van der Waals surface area contributed by atoms with Gasteiger partial charge in [-0.25, -0.2) is 4.79 Å². The summed E-state index contributed by atoms with van der Waals surface area (Å²) in [7, 11) is 7.62. The summed E-state index contributed by atoms with van der Waals surface area (Å²) in [5.74, 6) is 1.27. The second-order valence-electron chi connectivity index (χ2n) is 9.96. The van der Waals surface area contributed by atoms with Gasteiger partial charge < -0.3 is 33.5 Å². The van der Waals surface area contributed by atoms with Gasteiger partial charge in [-0.15, -0.1) is 0 Å². The van der Waals surface area contributed by atoms with Crippen molar-refractivity contribution in [1.82, 2.24) is 0 Å². The normalized spacial score (nSPS) is 18.1. The van der Waals surface area contributed by atoms with E-state index in [1.165, 1.54) is 34.5 Å². The summed E-state index contributed by atoms with van der Waals surface area (Å²) >= 11 is 0. The number of aliphatic hydroxyl groups is 1. The molecule has 0 unspecified atom stereocenters. The molecule has 1 aliphatic rings. The average Bonchev–Trinajstić information content (AvgIpc) is 2.95. The summed E-state index contributed by atoms with van der Waals surface area (Å²) in [5.41, 5.74) is 2.50. The summed E-state index contributed by atoms with van der Waals surface area (Å²) in [6.45, 7) is 3.80. The number of esters is 1. The van der Waals surface area contributed by atoms with E-state index in [2.05, 4.69) is 0 Å². The fourth-order valence-electron chi connectivity index (χ4n) is 5.14. The molecular formula is C32H36O8.